The largest absolute Gasteiger partial charge is 0.496 e. The highest BCUT2D eigenvalue weighted by Crippen LogP contribution is 2.34. The molecule has 0 spiro atoms. The maximum absolute atomic E-state index is 13.8. The van der Waals surface area contributed by atoms with Gasteiger partial charge in [-0.15, -0.1) is 0 Å². The van der Waals surface area contributed by atoms with Crippen LogP contribution in [0.15, 0.2) is 36.4 Å². The Balaban J connectivity index is 1.41. The van der Waals surface area contributed by atoms with Crippen molar-refractivity contribution >= 4 is 11.7 Å². The first-order chi connectivity index (χ1) is 17.1. The number of benzene rings is 2. The van der Waals surface area contributed by atoms with Gasteiger partial charge in [-0.1, -0.05) is 32.1 Å². The van der Waals surface area contributed by atoms with Crippen molar-refractivity contribution in [2.24, 2.45) is 5.92 Å². The van der Waals surface area contributed by atoms with Crippen molar-refractivity contribution in [3.63, 3.8) is 0 Å². The van der Waals surface area contributed by atoms with Gasteiger partial charge in [0.25, 0.3) is 0 Å². The fourth-order valence-corrected chi connectivity index (χ4v) is 5.22. The Hall–Kier alpha value is -2.96. The van der Waals surface area contributed by atoms with Gasteiger partial charge in [-0.3, -0.25) is 4.90 Å². The molecule has 4 rings (SSSR count). The molecule has 2 aromatic carbocycles. The SMILES string of the molecule is COc1ccc(F)cc1CN1CCCN(c2ccc(OC)c(OCCCC3CCCCC3)c2)C1=O. The lowest BCUT2D eigenvalue weighted by atomic mass is 9.86. The first kappa shape index (κ1) is 25.1. The highest BCUT2D eigenvalue weighted by Gasteiger charge is 2.28. The van der Waals surface area contributed by atoms with Crippen molar-refractivity contribution in [3.05, 3.63) is 47.8 Å². The molecule has 6 nitrogen and oxygen atoms in total. The van der Waals surface area contributed by atoms with Crippen LogP contribution < -0.4 is 19.1 Å². The predicted molar refractivity (Wildman–Crippen MR) is 135 cm³/mol. The Bertz CT molecular complexity index is 993. The van der Waals surface area contributed by atoms with Gasteiger partial charge in [0, 0.05) is 30.4 Å². The molecule has 0 bridgehead atoms. The Morgan fingerprint density at radius 2 is 1.69 bits per heavy atom. The maximum Gasteiger partial charge on any atom is 0.324 e. The maximum atomic E-state index is 13.8. The number of ether oxygens (including phenoxy) is 3. The van der Waals surface area contributed by atoms with Crippen LogP contribution >= 0.6 is 0 Å². The summed E-state index contributed by atoms with van der Waals surface area (Å²) in [6.07, 6.45) is 9.80. The summed E-state index contributed by atoms with van der Waals surface area (Å²) >= 11 is 0. The molecule has 0 unspecified atom stereocenters. The molecule has 1 aliphatic carbocycles. The number of anilines is 1. The lowest BCUT2D eigenvalue weighted by molar-refractivity contribution is 0.191. The van der Waals surface area contributed by atoms with Crippen LogP contribution in [0.4, 0.5) is 14.9 Å². The second-order valence-electron chi connectivity index (χ2n) is 9.50. The van der Waals surface area contributed by atoms with Gasteiger partial charge < -0.3 is 19.1 Å². The van der Waals surface area contributed by atoms with Crippen LogP contribution in [0.5, 0.6) is 17.2 Å². The van der Waals surface area contributed by atoms with E-state index in [9.17, 15) is 9.18 Å². The molecule has 2 amide bonds. The fraction of sp³-hybridized carbons (Fsp3) is 0.536. The number of methoxy groups -OCH3 is 2. The molecule has 0 radical (unpaired) electrons. The summed E-state index contributed by atoms with van der Waals surface area (Å²) in [5.41, 5.74) is 1.42. The first-order valence-electron chi connectivity index (χ1n) is 12.8. The average Bonchev–Trinajstić information content (AvgIpc) is 2.88. The molecule has 1 heterocycles. The van der Waals surface area contributed by atoms with E-state index in [1.54, 1.807) is 30.1 Å². The van der Waals surface area contributed by atoms with E-state index in [1.165, 1.54) is 50.7 Å². The molecule has 35 heavy (non-hydrogen) atoms. The zero-order valence-electron chi connectivity index (χ0n) is 20.9. The number of urea groups is 1. The van der Waals surface area contributed by atoms with Gasteiger partial charge in [0.2, 0.25) is 0 Å². The third-order valence-electron chi connectivity index (χ3n) is 7.11. The van der Waals surface area contributed by atoms with Gasteiger partial charge in [0.15, 0.2) is 11.5 Å². The molecule has 1 saturated carbocycles. The molecular formula is C28H37FN2O4. The minimum atomic E-state index is -0.345. The minimum Gasteiger partial charge on any atom is -0.496 e. The second-order valence-corrected chi connectivity index (χ2v) is 9.50. The van der Waals surface area contributed by atoms with Crippen molar-refractivity contribution in [1.82, 2.24) is 4.90 Å². The van der Waals surface area contributed by atoms with Gasteiger partial charge in [0.05, 0.1) is 27.4 Å². The molecule has 2 fully saturated rings. The number of carbonyl (C=O) groups is 1. The van der Waals surface area contributed by atoms with Crippen LogP contribution in [-0.4, -0.2) is 44.8 Å². The summed E-state index contributed by atoms with van der Waals surface area (Å²) in [7, 11) is 3.18. The highest BCUT2D eigenvalue weighted by atomic mass is 19.1. The quantitative estimate of drug-likeness (QED) is 0.366. The zero-order chi connectivity index (χ0) is 24.6. The summed E-state index contributed by atoms with van der Waals surface area (Å²) in [6, 6.07) is 9.90. The van der Waals surface area contributed by atoms with Crippen molar-refractivity contribution in [2.45, 2.75) is 57.9 Å². The molecule has 190 valence electrons. The van der Waals surface area contributed by atoms with E-state index >= 15 is 0 Å². The summed E-state index contributed by atoms with van der Waals surface area (Å²) in [5, 5.41) is 0. The number of carbonyl (C=O) groups excluding carboxylic acids is 1. The van der Waals surface area contributed by atoms with Crippen LogP contribution in [0.25, 0.3) is 0 Å². The predicted octanol–water partition coefficient (Wildman–Crippen LogP) is 6.41. The van der Waals surface area contributed by atoms with Crippen LogP contribution in [-0.2, 0) is 6.54 Å². The Morgan fingerprint density at radius 1 is 0.914 bits per heavy atom. The number of hydrogen-bond acceptors (Lipinski definition) is 4. The topological polar surface area (TPSA) is 51.2 Å². The summed E-state index contributed by atoms with van der Waals surface area (Å²) in [5.74, 6) is 2.38. The van der Waals surface area contributed by atoms with E-state index in [4.69, 9.17) is 14.2 Å². The van der Waals surface area contributed by atoms with Crippen LogP contribution in [0.2, 0.25) is 0 Å². The molecular weight excluding hydrogens is 447 g/mol. The Kier molecular flexibility index (Phi) is 8.72. The van der Waals surface area contributed by atoms with Crippen LogP contribution in [0, 0.1) is 11.7 Å². The van der Waals surface area contributed by atoms with Crippen molar-refractivity contribution in [2.75, 3.05) is 38.8 Å². The molecule has 7 heteroatoms. The molecule has 0 N–H and O–H groups in total. The van der Waals surface area contributed by atoms with E-state index in [-0.39, 0.29) is 18.4 Å². The van der Waals surface area contributed by atoms with E-state index in [1.807, 2.05) is 18.2 Å². The van der Waals surface area contributed by atoms with Crippen molar-refractivity contribution in [1.29, 1.82) is 0 Å². The van der Waals surface area contributed by atoms with Crippen LogP contribution in [0.1, 0.15) is 56.9 Å². The van der Waals surface area contributed by atoms with E-state index in [0.29, 0.717) is 42.5 Å². The molecule has 2 aromatic rings. The average molecular weight is 485 g/mol. The molecule has 1 saturated heterocycles. The minimum absolute atomic E-state index is 0.115. The van der Waals surface area contributed by atoms with Gasteiger partial charge in [-0.05, 0) is 55.5 Å². The Labute approximate surface area is 208 Å². The normalized spacial score (nSPS) is 16.9. The van der Waals surface area contributed by atoms with E-state index in [2.05, 4.69) is 0 Å². The fourth-order valence-electron chi connectivity index (χ4n) is 5.22. The van der Waals surface area contributed by atoms with Gasteiger partial charge in [0.1, 0.15) is 11.6 Å². The van der Waals surface area contributed by atoms with Gasteiger partial charge in [-0.25, -0.2) is 9.18 Å². The summed E-state index contributed by atoms with van der Waals surface area (Å²) < 4.78 is 30.8. The molecule has 2 aliphatic rings. The zero-order valence-corrected chi connectivity index (χ0v) is 20.9. The van der Waals surface area contributed by atoms with Crippen molar-refractivity contribution < 1.29 is 23.4 Å². The molecule has 0 atom stereocenters. The second kappa shape index (κ2) is 12.1. The smallest absolute Gasteiger partial charge is 0.324 e. The van der Waals surface area contributed by atoms with E-state index in [0.717, 1.165) is 24.4 Å². The van der Waals surface area contributed by atoms with Crippen LogP contribution in [0.3, 0.4) is 0 Å². The van der Waals surface area contributed by atoms with Crippen molar-refractivity contribution in [3.8, 4) is 17.2 Å². The number of halogens is 1. The molecule has 0 aromatic heterocycles. The lowest BCUT2D eigenvalue weighted by Gasteiger charge is -2.36. The van der Waals surface area contributed by atoms with Gasteiger partial charge in [-0.2, -0.15) is 0 Å². The monoisotopic (exact) mass is 484 g/mol. The third kappa shape index (κ3) is 6.38. The number of hydrogen-bond donors (Lipinski definition) is 0. The lowest BCUT2D eigenvalue weighted by Crippen LogP contribution is -2.49. The molecule has 1 aliphatic heterocycles. The van der Waals surface area contributed by atoms with E-state index < -0.39 is 0 Å². The summed E-state index contributed by atoms with van der Waals surface area (Å²) in [4.78, 5) is 16.8. The van der Waals surface area contributed by atoms with Gasteiger partial charge >= 0.3 is 6.03 Å². The Morgan fingerprint density at radius 3 is 2.46 bits per heavy atom. The third-order valence-corrected chi connectivity index (χ3v) is 7.11. The number of nitrogens with zero attached hydrogens (tertiary/aromatic N) is 2. The first-order valence-corrected chi connectivity index (χ1v) is 12.8. The number of amides is 2. The summed E-state index contributed by atoms with van der Waals surface area (Å²) in [6.45, 7) is 2.14. The highest BCUT2D eigenvalue weighted by molar-refractivity contribution is 5.93. The standard InChI is InChI=1S/C28H37FN2O4/c1-33-25-13-11-23(29)18-22(25)20-30-15-7-16-31(28(30)32)24-12-14-26(34-2)27(19-24)35-17-6-10-21-8-4-3-5-9-21/h11-14,18-19,21H,3-10,15-17,20H2,1-2H3. The number of rotatable bonds is 10.